The van der Waals surface area contributed by atoms with E-state index < -0.39 is 0 Å². The van der Waals surface area contributed by atoms with Crippen LogP contribution in [-0.4, -0.2) is 28.2 Å². The van der Waals surface area contributed by atoms with Crippen LogP contribution in [0.15, 0.2) is 30.3 Å². The molecule has 20 heavy (non-hydrogen) atoms. The van der Waals surface area contributed by atoms with Gasteiger partial charge < -0.3 is 4.90 Å². The molecule has 0 N–H and O–H groups in total. The van der Waals surface area contributed by atoms with E-state index in [2.05, 4.69) is 19.1 Å². The molecule has 0 bridgehead atoms. The Morgan fingerprint density at radius 2 is 2.10 bits per heavy atom. The van der Waals surface area contributed by atoms with Gasteiger partial charge in [0.15, 0.2) is 5.12 Å². The van der Waals surface area contributed by atoms with Gasteiger partial charge in [0.05, 0.1) is 6.04 Å². The molecule has 108 valence electrons. The quantitative estimate of drug-likeness (QED) is 0.835. The number of rotatable bonds is 5. The molecule has 3 nitrogen and oxygen atoms in total. The summed E-state index contributed by atoms with van der Waals surface area (Å²) < 4.78 is 0. The van der Waals surface area contributed by atoms with Crippen LogP contribution in [0.25, 0.3) is 0 Å². The lowest BCUT2D eigenvalue weighted by atomic mass is 10.0. The largest absolute Gasteiger partial charge is 0.335 e. The second kappa shape index (κ2) is 6.93. The molecule has 2 rings (SSSR count). The van der Waals surface area contributed by atoms with Crippen molar-refractivity contribution < 1.29 is 9.59 Å². The monoisotopic (exact) mass is 291 g/mol. The second-order valence-electron chi connectivity index (χ2n) is 5.25. The number of thioether (sulfide) groups is 1. The smallest absolute Gasteiger partial charge is 0.223 e. The third kappa shape index (κ3) is 3.63. The fourth-order valence-corrected chi connectivity index (χ4v) is 3.46. The van der Waals surface area contributed by atoms with Crippen LogP contribution in [0, 0.1) is 5.92 Å². The summed E-state index contributed by atoms with van der Waals surface area (Å²) in [7, 11) is 0. The molecule has 0 aliphatic carbocycles. The topological polar surface area (TPSA) is 37.4 Å². The number of benzene rings is 1. The van der Waals surface area contributed by atoms with Crippen LogP contribution in [0.4, 0.5) is 0 Å². The molecule has 0 radical (unpaired) electrons. The maximum absolute atomic E-state index is 12.2. The van der Waals surface area contributed by atoms with Gasteiger partial charge in [-0.1, -0.05) is 49.0 Å². The minimum absolute atomic E-state index is 0.131. The number of amides is 1. The summed E-state index contributed by atoms with van der Waals surface area (Å²) >= 11 is 1.33. The zero-order valence-electron chi connectivity index (χ0n) is 12.0. The molecule has 1 fully saturated rings. The zero-order valence-corrected chi connectivity index (χ0v) is 12.9. The van der Waals surface area contributed by atoms with Gasteiger partial charge in [-0.05, 0) is 17.9 Å². The Morgan fingerprint density at radius 3 is 2.70 bits per heavy atom. The molecule has 1 unspecified atom stereocenters. The van der Waals surface area contributed by atoms with Crippen molar-refractivity contribution >= 4 is 22.8 Å². The second-order valence-corrected chi connectivity index (χ2v) is 6.45. The third-order valence-electron chi connectivity index (χ3n) is 3.71. The van der Waals surface area contributed by atoms with Gasteiger partial charge in [0.25, 0.3) is 0 Å². The lowest BCUT2D eigenvalue weighted by molar-refractivity contribution is -0.129. The van der Waals surface area contributed by atoms with Gasteiger partial charge in [0.2, 0.25) is 5.91 Å². The summed E-state index contributed by atoms with van der Waals surface area (Å²) in [6.07, 6.45) is 1.49. The van der Waals surface area contributed by atoms with Crippen molar-refractivity contribution in [3.63, 3.8) is 0 Å². The Kier molecular flexibility index (Phi) is 5.24. The van der Waals surface area contributed by atoms with E-state index in [9.17, 15) is 9.59 Å². The van der Waals surface area contributed by atoms with E-state index in [1.54, 1.807) is 6.92 Å². The molecule has 0 spiro atoms. The van der Waals surface area contributed by atoms with Crippen LogP contribution < -0.4 is 0 Å². The van der Waals surface area contributed by atoms with Gasteiger partial charge in [-0.25, -0.2) is 0 Å². The number of carbonyl (C=O) groups is 2. The molecule has 1 aliphatic heterocycles. The number of nitrogens with zero attached hydrogens (tertiary/aromatic N) is 1. The number of likely N-dealkylation sites (tertiary alicyclic amines) is 1. The van der Waals surface area contributed by atoms with Crippen molar-refractivity contribution in [2.45, 2.75) is 32.7 Å². The molecule has 1 amide bonds. The van der Waals surface area contributed by atoms with Crippen molar-refractivity contribution in [2.24, 2.45) is 5.92 Å². The van der Waals surface area contributed by atoms with Crippen molar-refractivity contribution in [3.8, 4) is 0 Å². The molecule has 1 aliphatic rings. The molecular weight excluding hydrogens is 270 g/mol. The maximum Gasteiger partial charge on any atom is 0.223 e. The summed E-state index contributed by atoms with van der Waals surface area (Å²) in [6.45, 7) is 4.47. The van der Waals surface area contributed by atoms with Crippen LogP contribution in [0.2, 0.25) is 0 Å². The Hall–Kier alpha value is -1.29. The number of hydrogen-bond donors (Lipinski definition) is 0. The van der Waals surface area contributed by atoms with Crippen molar-refractivity contribution in [2.75, 3.05) is 12.3 Å². The average Bonchev–Trinajstić information content (AvgIpc) is 2.80. The van der Waals surface area contributed by atoms with E-state index in [4.69, 9.17) is 0 Å². The summed E-state index contributed by atoms with van der Waals surface area (Å²) in [5, 5.41) is 0.131. The van der Waals surface area contributed by atoms with Crippen molar-refractivity contribution in [1.82, 2.24) is 4.90 Å². The SMILES string of the molecule is CC[C@@H](c1ccccc1)N1CC(CSC(C)=O)CC1=O. The molecule has 2 atom stereocenters. The van der Waals surface area contributed by atoms with Crippen molar-refractivity contribution in [1.29, 1.82) is 0 Å². The van der Waals surface area contributed by atoms with Gasteiger partial charge in [-0.15, -0.1) is 0 Å². The highest BCUT2D eigenvalue weighted by Gasteiger charge is 2.34. The Morgan fingerprint density at radius 1 is 1.40 bits per heavy atom. The fraction of sp³-hybridized carbons (Fsp3) is 0.500. The van der Waals surface area contributed by atoms with Crippen LogP contribution in [0.1, 0.15) is 38.3 Å². The minimum atomic E-state index is 0.131. The first-order valence-corrected chi connectivity index (χ1v) is 8.08. The molecule has 1 heterocycles. The maximum atomic E-state index is 12.2. The highest BCUT2D eigenvalue weighted by molar-refractivity contribution is 8.13. The standard InChI is InChI=1S/C16H21NO2S/c1-3-15(14-7-5-4-6-8-14)17-10-13(9-16(17)19)11-20-12(2)18/h4-8,13,15H,3,9-11H2,1-2H3/t13?,15-/m0/s1. The lowest BCUT2D eigenvalue weighted by Crippen LogP contribution is -2.30. The summed E-state index contributed by atoms with van der Waals surface area (Å²) in [6, 6.07) is 10.4. The zero-order chi connectivity index (χ0) is 14.5. The highest BCUT2D eigenvalue weighted by atomic mass is 32.2. The Bertz CT molecular complexity index is 475. The predicted octanol–water partition coefficient (Wildman–Crippen LogP) is 3.27. The summed E-state index contributed by atoms with van der Waals surface area (Å²) in [4.78, 5) is 25.3. The van der Waals surface area contributed by atoms with Crippen LogP contribution >= 0.6 is 11.8 Å². The first-order chi connectivity index (χ1) is 9.61. The van der Waals surface area contributed by atoms with E-state index in [0.29, 0.717) is 12.3 Å². The molecule has 0 saturated carbocycles. The molecular formula is C16H21NO2S. The van der Waals surface area contributed by atoms with Gasteiger partial charge in [0, 0.05) is 25.6 Å². The van der Waals surface area contributed by atoms with Gasteiger partial charge >= 0.3 is 0 Å². The lowest BCUT2D eigenvalue weighted by Gasteiger charge is -2.27. The third-order valence-corrected chi connectivity index (χ3v) is 4.75. The first kappa shape index (κ1) is 15.1. The molecule has 1 aromatic rings. The van der Waals surface area contributed by atoms with E-state index >= 15 is 0 Å². The summed E-state index contributed by atoms with van der Waals surface area (Å²) in [5.74, 6) is 1.27. The first-order valence-electron chi connectivity index (χ1n) is 7.09. The van der Waals surface area contributed by atoms with Gasteiger partial charge in [-0.2, -0.15) is 0 Å². The van der Waals surface area contributed by atoms with Crippen LogP contribution in [-0.2, 0) is 9.59 Å². The van der Waals surface area contributed by atoms with E-state index in [1.165, 1.54) is 17.3 Å². The average molecular weight is 291 g/mol. The number of hydrogen-bond acceptors (Lipinski definition) is 3. The van der Waals surface area contributed by atoms with Gasteiger partial charge in [-0.3, -0.25) is 9.59 Å². The highest BCUT2D eigenvalue weighted by Crippen LogP contribution is 2.32. The Balaban J connectivity index is 2.04. The van der Waals surface area contributed by atoms with Crippen LogP contribution in [0.3, 0.4) is 0 Å². The van der Waals surface area contributed by atoms with E-state index in [-0.39, 0.29) is 17.1 Å². The normalized spacial score (nSPS) is 20.2. The van der Waals surface area contributed by atoms with Crippen LogP contribution in [0.5, 0.6) is 0 Å². The fourth-order valence-electron chi connectivity index (χ4n) is 2.77. The number of carbonyl (C=O) groups excluding carboxylic acids is 2. The Labute approximate surface area is 124 Å². The van der Waals surface area contributed by atoms with Gasteiger partial charge in [0.1, 0.15) is 0 Å². The van der Waals surface area contributed by atoms with Crippen molar-refractivity contribution in [3.05, 3.63) is 35.9 Å². The molecule has 0 aromatic heterocycles. The molecule has 1 saturated heterocycles. The molecule has 4 heteroatoms. The van der Waals surface area contributed by atoms with E-state index in [0.717, 1.165) is 18.7 Å². The minimum Gasteiger partial charge on any atom is -0.335 e. The summed E-state index contributed by atoms with van der Waals surface area (Å²) in [5.41, 5.74) is 1.20. The van der Waals surface area contributed by atoms with E-state index in [1.807, 2.05) is 23.1 Å². The molecule has 1 aromatic carbocycles. The predicted molar refractivity (Wildman–Crippen MR) is 82.4 cm³/mol.